The lowest BCUT2D eigenvalue weighted by Gasteiger charge is -2.08. The van der Waals surface area contributed by atoms with Crippen molar-refractivity contribution in [1.29, 1.82) is 0 Å². The summed E-state index contributed by atoms with van der Waals surface area (Å²) in [6.07, 6.45) is 4.23. The first-order valence-electron chi connectivity index (χ1n) is 3.83. The highest BCUT2D eigenvalue weighted by Gasteiger charge is 2.12. The molecule has 0 amide bonds. The van der Waals surface area contributed by atoms with Crippen molar-refractivity contribution in [2.75, 3.05) is 13.1 Å². The predicted octanol–water partition coefficient (Wildman–Crippen LogP) is 0.710. The third kappa shape index (κ3) is 2.33. The Balaban J connectivity index is 1.98. The van der Waals surface area contributed by atoms with Gasteiger partial charge in [0.2, 0.25) is 0 Å². The summed E-state index contributed by atoms with van der Waals surface area (Å²) in [6, 6.07) is 0. The molecule has 9 heavy (non-hydrogen) atoms. The van der Waals surface area contributed by atoms with Gasteiger partial charge in [0.05, 0.1) is 6.17 Å². The summed E-state index contributed by atoms with van der Waals surface area (Å²) in [6.45, 7) is 4.37. The Bertz CT molecular complexity index is 67.3. The molecule has 53 valence electrons. The fourth-order valence-electron chi connectivity index (χ4n) is 1.10. The lowest BCUT2D eigenvalue weighted by Crippen LogP contribution is -2.33. The Labute approximate surface area is 57.0 Å². The van der Waals surface area contributed by atoms with Gasteiger partial charge in [-0.2, -0.15) is 0 Å². The SMILES string of the molecule is CCCNC1CCC[N]1. The summed E-state index contributed by atoms with van der Waals surface area (Å²) < 4.78 is 0. The van der Waals surface area contributed by atoms with Crippen molar-refractivity contribution in [3.63, 3.8) is 0 Å². The van der Waals surface area contributed by atoms with Gasteiger partial charge in [-0.05, 0) is 25.8 Å². The predicted molar refractivity (Wildman–Crippen MR) is 38.3 cm³/mol. The molecule has 0 saturated carbocycles. The molecule has 1 N–H and O–H groups in total. The molecule has 2 nitrogen and oxygen atoms in total. The molecule has 1 unspecified atom stereocenters. The molecule has 1 fully saturated rings. The van der Waals surface area contributed by atoms with Crippen molar-refractivity contribution in [1.82, 2.24) is 10.6 Å². The normalized spacial score (nSPS) is 27.0. The summed E-state index contributed by atoms with van der Waals surface area (Å²) in [5, 5.41) is 7.73. The maximum Gasteiger partial charge on any atom is 0.0736 e. The Hall–Kier alpha value is -0.0800. The smallest absolute Gasteiger partial charge is 0.0736 e. The minimum atomic E-state index is 0.491. The summed E-state index contributed by atoms with van der Waals surface area (Å²) in [4.78, 5) is 0. The lowest BCUT2D eigenvalue weighted by atomic mass is 10.3. The average molecular weight is 127 g/mol. The van der Waals surface area contributed by atoms with Gasteiger partial charge in [-0.3, -0.25) is 0 Å². The van der Waals surface area contributed by atoms with Crippen molar-refractivity contribution in [2.24, 2.45) is 0 Å². The molecule has 1 aliphatic rings. The molecule has 2 heteroatoms. The monoisotopic (exact) mass is 127 g/mol. The molecule has 0 aromatic rings. The largest absolute Gasteiger partial charge is 0.301 e. The van der Waals surface area contributed by atoms with E-state index in [1.54, 1.807) is 0 Å². The van der Waals surface area contributed by atoms with Crippen molar-refractivity contribution in [3.8, 4) is 0 Å². The summed E-state index contributed by atoms with van der Waals surface area (Å²) in [7, 11) is 0. The Morgan fingerprint density at radius 3 is 3.11 bits per heavy atom. The van der Waals surface area contributed by atoms with Crippen molar-refractivity contribution < 1.29 is 0 Å². The molecule has 1 heterocycles. The van der Waals surface area contributed by atoms with Crippen LogP contribution in [0.2, 0.25) is 0 Å². The van der Waals surface area contributed by atoms with Gasteiger partial charge in [0.15, 0.2) is 0 Å². The average Bonchev–Trinajstić information content (AvgIpc) is 2.34. The van der Waals surface area contributed by atoms with Gasteiger partial charge in [-0.15, -0.1) is 0 Å². The highest BCUT2D eigenvalue weighted by molar-refractivity contribution is 4.70. The van der Waals surface area contributed by atoms with Crippen LogP contribution in [0.15, 0.2) is 0 Å². The first-order chi connectivity index (χ1) is 4.43. The Kier molecular flexibility index (Phi) is 3.01. The van der Waals surface area contributed by atoms with Crippen LogP contribution in [-0.4, -0.2) is 19.3 Å². The van der Waals surface area contributed by atoms with Crippen LogP contribution in [0.5, 0.6) is 0 Å². The minimum absolute atomic E-state index is 0.491. The zero-order valence-corrected chi connectivity index (χ0v) is 6.06. The van der Waals surface area contributed by atoms with Gasteiger partial charge < -0.3 is 5.32 Å². The van der Waals surface area contributed by atoms with Crippen LogP contribution in [-0.2, 0) is 0 Å². The summed E-state index contributed by atoms with van der Waals surface area (Å²) in [5.41, 5.74) is 0. The second-order valence-electron chi connectivity index (χ2n) is 2.52. The van der Waals surface area contributed by atoms with Crippen molar-refractivity contribution in [2.45, 2.75) is 32.4 Å². The molecule has 1 atom stereocenters. The van der Waals surface area contributed by atoms with Gasteiger partial charge in [0, 0.05) is 6.54 Å². The first kappa shape index (κ1) is 7.03. The van der Waals surface area contributed by atoms with E-state index < -0.39 is 0 Å². The van der Waals surface area contributed by atoms with Crippen LogP contribution in [0.1, 0.15) is 26.2 Å². The highest BCUT2D eigenvalue weighted by atomic mass is 15.1. The molecule has 0 bridgehead atoms. The number of rotatable bonds is 3. The third-order valence-corrected chi connectivity index (χ3v) is 1.62. The zero-order chi connectivity index (χ0) is 6.53. The maximum absolute atomic E-state index is 4.36. The van der Waals surface area contributed by atoms with Gasteiger partial charge in [-0.1, -0.05) is 6.92 Å². The van der Waals surface area contributed by atoms with E-state index in [0.29, 0.717) is 6.17 Å². The molecule has 0 spiro atoms. The molecule has 1 rings (SSSR count). The zero-order valence-electron chi connectivity index (χ0n) is 6.06. The molecular weight excluding hydrogens is 112 g/mol. The van der Waals surface area contributed by atoms with Crippen LogP contribution in [0, 0.1) is 0 Å². The first-order valence-corrected chi connectivity index (χ1v) is 3.83. The molecule has 0 aliphatic carbocycles. The Morgan fingerprint density at radius 2 is 2.56 bits per heavy atom. The van der Waals surface area contributed by atoms with E-state index in [1.807, 2.05) is 0 Å². The van der Waals surface area contributed by atoms with Crippen LogP contribution in [0.25, 0.3) is 0 Å². The van der Waals surface area contributed by atoms with E-state index in [4.69, 9.17) is 0 Å². The maximum atomic E-state index is 4.36. The van der Waals surface area contributed by atoms with E-state index in [2.05, 4.69) is 17.6 Å². The molecule has 1 aliphatic heterocycles. The lowest BCUT2D eigenvalue weighted by molar-refractivity contribution is 0.476. The number of hydrogen-bond acceptors (Lipinski definition) is 1. The quantitative estimate of drug-likeness (QED) is 0.593. The van der Waals surface area contributed by atoms with Gasteiger partial charge >= 0.3 is 0 Å². The van der Waals surface area contributed by atoms with E-state index in [9.17, 15) is 0 Å². The third-order valence-electron chi connectivity index (χ3n) is 1.62. The van der Waals surface area contributed by atoms with Crippen LogP contribution in [0.4, 0.5) is 0 Å². The Morgan fingerprint density at radius 1 is 1.67 bits per heavy atom. The fourth-order valence-corrected chi connectivity index (χ4v) is 1.10. The topological polar surface area (TPSA) is 26.1 Å². The van der Waals surface area contributed by atoms with Crippen molar-refractivity contribution in [3.05, 3.63) is 0 Å². The van der Waals surface area contributed by atoms with Crippen LogP contribution < -0.4 is 10.6 Å². The summed E-state index contributed by atoms with van der Waals surface area (Å²) >= 11 is 0. The summed E-state index contributed by atoms with van der Waals surface area (Å²) in [5.74, 6) is 0. The molecule has 0 aromatic carbocycles. The molecule has 0 aromatic heterocycles. The molecule has 1 saturated heterocycles. The standard InChI is InChI=1S/C7H15N2/c1-2-5-8-7-4-3-6-9-7/h7-8H,2-6H2,1H3. The fraction of sp³-hybridized carbons (Fsp3) is 1.00. The van der Waals surface area contributed by atoms with Crippen molar-refractivity contribution >= 4 is 0 Å². The van der Waals surface area contributed by atoms with Gasteiger partial charge in [0.1, 0.15) is 0 Å². The number of hydrogen-bond donors (Lipinski definition) is 1. The van der Waals surface area contributed by atoms with E-state index in [1.165, 1.54) is 19.3 Å². The van der Waals surface area contributed by atoms with Gasteiger partial charge in [-0.25, -0.2) is 5.32 Å². The van der Waals surface area contributed by atoms with E-state index in [-0.39, 0.29) is 0 Å². The second-order valence-corrected chi connectivity index (χ2v) is 2.52. The van der Waals surface area contributed by atoms with Crippen LogP contribution >= 0.6 is 0 Å². The van der Waals surface area contributed by atoms with Gasteiger partial charge in [0.25, 0.3) is 0 Å². The number of nitrogens with one attached hydrogen (secondary N) is 1. The second kappa shape index (κ2) is 3.85. The highest BCUT2D eigenvalue weighted by Crippen LogP contribution is 2.02. The molecule has 1 radical (unpaired) electrons. The van der Waals surface area contributed by atoms with Crippen LogP contribution in [0.3, 0.4) is 0 Å². The minimum Gasteiger partial charge on any atom is -0.301 e. The number of nitrogens with zero attached hydrogens (tertiary/aromatic N) is 1. The van der Waals surface area contributed by atoms with E-state index in [0.717, 1.165) is 13.1 Å². The molecular formula is C7H15N2. The van der Waals surface area contributed by atoms with E-state index >= 15 is 0 Å².